The van der Waals surface area contributed by atoms with Crippen LogP contribution in [0, 0.1) is 0 Å². The van der Waals surface area contributed by atoms with Gasteiger partial charge < -0.3 is 19.7 Å². The SMILES string of the molecule is O=C(NCCC(O)c1ccco1)c1cnc(N2CCCC2)nc1-c1ccccn1. The normalized spacial score (nSPS) is 14.7. The smallest absolute Gasteiger partial charge is 0.255 e. The third-order valence-corrected chi connectivity index (χ3v) is 4.89. The highest BCUT2D eigenvalue weighted by Gasteiger charge is 2.21. The minimum Gasteiger partial charge on any atom is -0.467 e. The van der Waals surface area contributed by atoms with Crippen molar-refractivity contribution in [1.29, 1.82) is 0 Å². The number of hydrogen-bond donors (Lipinski definition) is 2. The summed E-state index contributed by atoms with van der Waals surface area (Å²) in [7, 11) is 0. The van der Waals surface area contributed by atoms with E-state index in [1.807, 2.05) is 18.2 Å². The molecule has 0 bridgehead atoms. The molecule has 3 aromatic rings. The highest BCUT2D eigenvalue weighted by Crippen LogP contribution is 2.24. The molecule has 0 saturated carbocycles. The lowest BCUT2D eigenvalue weighted by Gasteiger charge is -2.17. The number of pyridine rings is 1. The molecule has 4 rings (SSSR count). The molecule has 29 heavy (non-hydrogen) atoms. The number of anilines is 1. The molecule has 0 aromatic carbocycles. The average molecular weight is 393 g/mol. The second-order valence-corrected chi connectivity index (χ2v) is 6.92. The molecule has 1 amide bonds. The number of nitrogens with zero attached hydrogens (tertiary/aromatic N) is 4. The van der Waals surface area contributed by atoms with Gasteiger partial charge in [-0.2, -0.15) is 0 Å². The summed E-state index contributed by atoms with van der Waals surface area (Å²) < 4.78 is 5.18. The van der Waals surface area contributed by atoms with Crippen LogP contribution >= 0.6 is 0 Å². The molecule has 4 heterocycles. The van der Waals surface area contributed by atoms with Gasteiger partial charge in [0.1, 0.15) is 17.6 Å². The van der Waals surface area contributed by atoms with E-state index in [2.05, 4.69) is 25.2 Å². The minimum atomic E-state index is -0.769. The number of furan rings is 1. The lowest BCUT2D eigenvalue weighted by Crippen LogP contribution is -2.27. The Labute approximate surface area is 168 Å². The van der Waals surface area contributed by atoms with Crippen molar-refractivity contribution in [2.24, 2.45) is 0 Å². The first-order valence-electron chi connectivity index (χ1n) is 9.75. The maximum atomic E-state index is 12.8. The van der Waals surface area contributed by atoms with Gasteiger partial charge >= 0.3 is 0 Å². The third-order valence-electron chi connectivity index (χ3n) is 4.89. The van der Waals surface area contributed by atoms with Crippen molar-refractivity contribution < 1.29 is 14.3 Å². The van der Waals surface area contributed by atoms with Gasteiger partial charge in [-0.3, -0.25) is 9.78 Å². The molecule has 2 N–H and O–H groups in total. The van der Waals surface area contributed by atoms with E-state index in [0.29, 0.717) is 35.1 Å². The summed E-state index contributed by atoms with van der Waals surface area (Å²) in [5.74, 6) is 0.796. The quantitative estimate of drug-likeness (QED) is 0.636. The molecule has 1 atom stereocenters. The molecule has 0 spiro atoms. The first kappa shape index (κ1) is 19.1. The fourth-order valence-corrected chi connectivity index (χ4v) is 3.35. The number of amides is 1. The minimum absolute atomic E-state index is 0.288. The van der Waals surface area contributed by atoms with E-state index in [1.54, 1.807) is 24.5 Å². The molecule has 8 heteroatoms. The topological polar surface area (TPSA) is 104 Å². The summed E-state index contributed by atoms with van der Waals surface area (Å²) in [5.41, 5.74) is 1.49. The molecule has 1 aliphatic heterocycles. The fraction of sp³-hybridized carbons (Fsp3) is 0.333. The Kier molecular flexibility index (Phi) is 5.81. The fourth-order valence-electron chi connectivity index (χ4n) is 3.35. The predicted molar refractivity (Wildman–Crippen MR) is 107 cm³/mol. The highest BCUT2D eigenvalue weighted by atomic mass is 16.4. The average Bonchev–Trinajstić information content (AvgIpc) is 3.48. The van der Waals surface area contributed by atoms with E-state index in [1.165, 1.54) is 6.26 Å². The standard InChI is InChI=1S/C21H23N5O3/c27-17(18-7-5-13-29-18)8-10-23-20(28)15-14-24-21(26-11-3-4-12-26)25-19(15)16-6-1-2-9-22-16/h1-2,5-7,9,13-14,17,27H,3-4,8,10-12H2,(H,23,28). The molecular formula is C21H23N5O3. The largest absolute Gasteiger partial charge is 0.467 e. The first-order chi connectivity index (χ1) is 14.2. The van der Waals surface area contributed by atoms with Gasteiger partial charge in [0.2, 0.25) is 5.95 Å². The number of rotatable bonds is 7. The van der Waals surface area contributed by atoms with Crippen LogP contribution in [-0.4, -0.2) is 45.6 Å². The van der Waals surface area contributed by atoms with E-state index in [4.69, 9.17) is 4.42 Å². The van der Waals surface area contributed by atoms with Crippen LogP contribution in [0.2, 0.25) is 0 Å². The van der Waals surface area contributed by atoms with Crippen molar-refractivity contribution in [2.45, 2.75) is 25.4 Å². The molecule has 0 radical (unpaired) electrons. The van der Waals surface area contributed by atoms with E-state index in [-0.39, 0.29) is 12.5 Å². The zero-order valence-corrected chi connectivity index (χ0v) is 16.0. The van der Waals surface area contributed by atoms with E-state index in [0.717, 1.165) is 25.9 Å². The van der Waals surface area contributed by atoms with Gasteiger partial charge in [-0.05, 0) is 43.5 Å². The van der Waals surface area contributed by atoms with Crippen LogP contribution in [0.1, 0.15) is 41.5 Å². The van der Waals surface area contributed by atoms with Crippen molar-refractivity contribution in [1.82, 2.24) is 20.3 Å². The summed E-state index contributed by atoms with van der Waals surface area (Å²) in [5, 5.41) is 12.9. The van der Waals surface area contributed by atoms with Crippen LogP contribution < -0.4 is 10.2 Å². The highest BCUT2D eigenvalue weighted by molar-refractivity contribution is 5.99. The maximum absolute atomic E-state index is 12.8. The number of aromatic nitrogens is 3. The van der Waals surface area contributed by atoms with Crippen molar-refractivity contribution in [3.05, 3.63) is 60.3 Å². The molecule has 8 nitrogen and oxygen atoms in total. The summed E-state index contributed by atoms with van der Waals surface area (Å²) in [4.78, 5) is 28.4. The maximum Gasteiger partial charge on any atom is 0.255 e. The molecule has 1 unspecified atom stereocenters. The van der Waals surface area contributed by atoms with Crippen molar-refractivity contribution in [3.8, 4) is 11.4 Å². The Morgan fingerprint density at radius 2 is 2.07 bits per heavy atom. The van der Waals surface area contributed by atoms with Crippen molar-refractivity contribution in [2.75, 3.05) is 24.5 Å². The summed E-state index contributed by atoms with van der Waals surface area (Å²) in [6.07, 6.45) is 6.54. The van der Waals surface area contributed by atoms with Crippen LogP contribution in [-0.2, 0) is 0 Å². The first-order valence-corrected chi connectivity index (χ1v) is 9.75. The third kappa shape index (κ3) is 4.43. The number of carbonyl (C=O) groups excluding carboxylic acids is 1. The van der Waals surface area contributed by atoms with E-state index < -0.39 is 6.10 Å². The lowest BCUT2D eigenvalue weighted by atomic mass is 10.1. The Morgan fingerprint density at radius 3 is 2.79 bits per heavy atom. The van der Waals surface area contributed by atoms with Crippen LogP contribution in [0.5, 0.6) is 0 Å². The molecule has 1 aliphatic rings. The second-order valence-electron chi connectivity index (χ2n) is 6.92. The zero-order valence-electron chi connectivity index (χ0n) is 16.0. The molecular weight excluding hydrogens is 370 g/mol. The second kappa shape index (κ2) is 8.83. The van der Waals surface area contributed by atoms with Crippen molar-refractivity contribution >= 4 is 11.9 Å². The van der Waals surface area contributed by atoms with Crippen LogP contribution in [0.3, 0.4) is 0 Å². The van der Waals surface area contributed by atoms with Crippen LogP contribution in [0.4, 0.5) is 5.95 Å². The van der Waals surface area contributed by atoms with E-state index >= 15 is 0 Å². The summed E-state index contributed by atoms with van der Waals surface area (Å²) in [6, 6.07) is 8.93. The van der Waals surface area contributed by atoms with Gasteiger partial charge in [0.05, 0.1) is 17.5 Å². The van der Waals surface area contributed by atoms with Gasteiger partial charge in [0.25, 0.3) is 5.91 Å². The Balaban J connectivity index is 1.51. The van der Waals surface area contributed by atoms with Gasteiger partial charge in [-0.25, -0.2) is 9.97 Å². The molecule has 1 fully saturated rings. The lowest BCUT2D eigenvalue weighted by molar-refractivity contribution is 0.0936. The Hall–Kier alpha value is -3.26. The number of hydrogen-bond acceptors (Lipinski definition) is 7. The zero-order chi connectivity index (χ0) is 20.1. The number of nitrogens with one attached hydrogen (secondary N) is 1. The van der Waals surface area contributed by atoms with Crippen LogP contribution in [0.15, 0.2) is 53.4 Å². The molecule has 1 saturated heterocycles. The Bertz CT molecular complexity index is 940. The number of aliphatic hydroxyl groups is 1. The summed E-state index contributed by atoms with van der Waals surface area (Å²) in [6.45, 7) is 2.12. The van der Waals surface area contributed by atoms with Gasteiger partial charge in [-0.1, -0.05) is 6.07 Å². The van der Waals surface area contributed by atoms with Gasteiger partial charge in [0.15, 0.2) is 0 Å². The summed E-state index contributed by atoms with van der Waals surface area (Å²) >= 11 is 0. The van der Waals surface area contributed by atoms with Gasteiger partial charge in [-0.15, -0.1) is 0 Å². The van der Waals surface area contributed by atoms with Crippen molar-refractivity contribution in [3.63, 3.8) is 0 Å². The predicted octanol–water partition coefficient (Wildman–Crippen LogP) is 2.59. The van der Waals surface area contributed by atoms with E-state index in [9.17, 15) is 9.90 Å². The Morgan fingerprint density at radius 1 is 1.21 bits per heavy atom. The molecule has 150 valence electrons. The van der Waals surface area contributed by atoms with Gasteiger partial charge in [0, 0.05) is 32.0 Å². The number of aliphatic hydroxyl groups excluding tert-OH is 1. The van der Waals surface area contributed by atoms with Crippen LogP contribution in [0.25, 0.3) is 11.4 Å². The number of carbonyl (C=O) groups is 1. The monoisotopic (exact) mass is 393 g/mol. The molecule has 0 aliphatic carbocycles. The molecule has 3 aromatic heterocycles.